The minimum atomic E-state index is -1.01. The Labute approximate surface area is 225 Å². The number of carbonyl (C=O) groups excluding carboxylic acids is 1. The summed E-state index contributed by atoms with van der Waals surface area (Å²) in [4.78, 5) is 15.3. The smallest absolute Gasteiger partial charge is 0.249 e. The van der Waals surface area contributed by atoms with Crippen LogP contribution in [0.15, 0.2) is 35.5 Å². The molecule has 0 saturated heterocycles. The summed E-state index contributed by atoms with van der Waals surface area (Å²) >= 11 is 0. The fourth-order valence-corrected chi connectivity index (χ4v) is 8.37. The second kappa shape index (κ2) is 10.3. The largest absolute Gasteiger partial charge is 0.396 e. The average molecular weight is 513 g/mol. The summed E-state index contributed by atoms with van der Waals surface area (Å²) in [7, 11) is 4.42. The third kappa shape index (κ3) is 4.47. The van der Waals surface area contributed by atoms with Crippen LogP contribution in [0.5, 0.6) is 0 Å². The molecule has 4 rings (SSSR count). The molecule has 2 saturated carbocycles. The Hall–Kier alpha value is -1.43. The van der Waals surface area contributed by atoms with Crippen molar-refractivity contribution < 1.29 is 15.0 Å². The first-order valence-electron chi connectivity index (χ1n) is 14.7. The van der Waals surface area contributed by atoms with Gasteiger partial charge in [0.15, 0.2) is 0 Å². The van der Waals surface area contributed by atoms with Crippen LogP contribution in [0, 0.1) is 39.9 Å². The van der Waals surface area contributed by atoms with E-state index in [4.69, 9.17) is 0 Å². The normalized spacial score (nSPS) is 41.5. The molecular weight excluding hydrogens is 460 g/mol. The van der Waals surface area contributed by atoms with E-state index in [1.54, 1.807) is 0 Å². The minimum Gasteiger partial charge on any atom is -0.396 e. The predicted molar refractivity (Wildman–Crippen MR) is 151 cm³/mol. The van der Waals surface area contributed by atoms with Gasteiger partial charge < -0.3 is 20.4 Å². The molecule has 0 spiro atoms. The van der Waals surface area contributed by atoms with Gasteiger partial charge in [-0.2, -0.15) is 0 Å². The highest BCUT2D eigenvalue weighted by Gasteiger charge is 2.60. The molecule has 2 fully saturated rings. The van der Waals surface area contributed by atoms with E-state index < -0.39 is 11.5 Å². The van der Waals surface area contributed by atoms with Gasteiger partial charge >= 0.3 is 0 Å². The van der Waals surface area contributed by atoms with Gasteiger partial charge in [0.1, 0.15) is 6.10 Å². The average Bonchev–Trinajstić information content (AvgIpc) is 3.01. The number of nitrogens with one attached hydrogen (secondary N) is 1. The highest BCUT2D eigenvalue weighted by atomic mass is 16.3. The van der Waals surface area contributed by atoms with Crippen LogP contribution in [-0.2, 0) is 4.79 Å². The van der Waals surface area contributed by atoms with E-state index in [1.165, 1.54) is 24.0 Å². The highest BCUT2D eigenvalue weighted by Crippen LogP contribution is 2.67. The van der Waals surface area contributed by atoms with Crippen LogP contribution in [0.3, 0.4) is 0 Å². The van der Waals surface area contributed by atoms with Gasteiger partial charge in [-0.15, -0.1) is 0 Å². The van der Waals surface area contributed by atoms with Gasteiger partial charge in [0.2, 0.25) is 5.91 Å². The molecule has 0 heterocycles. The van der Waals surface area contributed by atoms with Crippen LogP contribution in [0.4, 0.5) is 0 Å². The number of hydrogen-bond donors (Lipinski definition) is 3. The number of rotatable bonds is 7. The van der Waals surface area contributed by atoms with Crippen LogP contribution in [0.25, 0.3) is 0 Å². The summed E-state index contributed by atoms with van der Waals surface area (Å²) in [6.07, 6.45) is 14.8. The fourth-order valence-electron chi connectivity index (χ4n) is 8.37. The number of allylic oxidation sites excluding steroid dienone is 6. The molecule has 5 nitrogen and oxygen atoms in total. The second-order valence-electron chi connectivity index (χ2n) is 13.7. The van der Waals surface area contributed by atoms with E-state index in [9.17, 15) is 15.0 Å². The molecule has 0 bridgehead atoms. The van der Waals surface area contributed by atoms with Crippen LogP contribution in [-0.4, -0.2) is 59.9 Å². The quantitative estimate of drug-likeness (QED) is 0.415. The highest BCUT2D eigenvalue weighted by molar-refractivity contribution is 5.81. The van der Waals surface area contributed by atoms with Crippen LogP contribution >= 0.6 is 0 Å². The lowest BCUT2D eigenvalue weighted by Gasteiger charge is -2.53. The fraction of sp³-hybridized carbons (Fsp3) is 0.781. The molecule has 0 aromatic carbocycles. The van der Waals surface area contributed by atoms with Crippen molar-refractivity contribution in [3.05, 3.63) is 35.5 Å². The number of nitrogens with zero attached hydrogens (tertiary/aromatic N) is 1. The zero-order chi connectivity index (χ0) is 27.3. The van der Waals surface area contributed by atoms with Gasteiger partial charge in [-0.25, -0.2) is 0 Å². The van der Waals surface area contributed by atoms with Crippen LogP contribution in [0.1, 0.15) is 80.1 Å². The van der Waals surface area contributed by atoms with Crippen molar-refractivity contribution in [2.24, 2.45) is 39.9 Å². The Bertz CT molecular complexity index is 969. The second-order valence-corrected chi connectivity index (χ2v) is 13.7. The van der Waals surface area contributed by atoms with E-state index >= 15 is 0 Å². The zero-order valence-electron chi connectivity index (χ0n) is 24.6. The van der Waals surface area contributed by atoms with Crippen molar-refractivity contribution in [1.82, 2.24) is 10.2 Å². The molecule has 0 aromatic rings. The van der Waals surface area contributed by atoms with Gasteiger partial charge in [-0.1, -0.05) is 70.9 Å². The molecule has 10 unspecified atom stereocenters. The SMILES string of the molecule is CCC(C)C(O)C(=O)NC1CCC2=CC3=CCC4(C)C(C(C)N(C)C)CCC4(C)C3C=CC2C1(C)CO. The van der Waals surface area contributed by atoms with Crippen molar-refractivity contribution >= 4 is 5.91 Å². The van der Waals surface area contributed by atoms with E-state index in [0.717, 1.165) is 25.7 Å². The maximum Gasteiger partial charge on any atom is 0.249 e. The van der Waals surface area contributed by atoms with Gasteiger partial charge in [0, 0.05) is 29.3 Å². The number of aliphatic hydroxyl groups excluding tert-OH is 2. The minimum absolute atomic E-state index is 0.00909. The number of aliphatic hydroxyl groups is 2. The standard InChI is InChI=1S/C32H52N2O3/c1-9-20(2)28(36)29(37)33-27-13-10-22-18-23-14-16-31(5)24(21(3)34(7)8)15-17-32(31,6)26(23)12-11-25(22)30(27,4)19-35/h11-12,14,18,20-21,24-28,35-36H,9-10,13,15-17,19H2,1-8H3,(H,33,37). The number of carbonyl (C=O) groups is 1. The lowest BCUT2D eigenvalue weighted by atomic mass is 9.52. The molecule has 4 aliphatic rings. The molecule has 0 aromatic heterocycles. The predicted octanol–water partition coefficient (Wildman–Crippen LogP) is 5.10. The van der Waals surface area contributed by atoms with Gasteiger partial charge in [0.25, 0.3) is 0 Å². The van der Waals surface area contributed by atoms with Crippen LogP contribution < -0.4 is 5.32 Å². The number of amides is 1. The van der Waals surface area contributed by atoms with Crippen molar-refractivity contribution in [2.45, 2.75) is 98.3 Å². The van der Waals surface area contributed by atoms with Crippen molar-refractivity contribution in [3.63, 3.8) is 0 Å². The lowest BCUT2D eigenvalue weighted by molar-refractivity contribution is -0.134. The monoisotopic (exact) mass is 512 g/mol. The summed E-state index contributed by atoms with van der Waals surface area (Å²) in [5.74, 6) is 0.697. The Kier molecular flexibility index (Phi) is 7.94. The molecule has 208 valence electrons. The third-order valence-electron chi connectivity index (χ3n) is 11.9. The van der Waals surface area contributed by atoms with Gasteiger partial charge in [-0.3, -0.25) is 4.79 Å². The Morgan fingerprint density at radius 1 is 1.14 bits per heavy atom. The summed E-state index contributed by atoms with van der Waals surface area (Å²) in [5.41, 5.74) is 2.74. The molecule has 0 aliphatic heterocycles. The topological polar surface area (TPSA) is 72.8 Å². The Morgan fingerprint density at radius 3 is 2.43 bits per heavy atom. The van der Waals surface area contributed by atoms with E-state index in [2.05, 4.69) is 76.3 Å². The Balaban J connectivity index is 1.64. The molecule has 0 radical (unpaired) electrons. The van der Waals surface area contributed by atoms with E-state index in [0.29, 0.717) is 17.9 Å². The maximum absolute atomic E-state index is 12.9. The lowest BCUT2D eigenvalue weighted by Crippen LogP contribution is -2.56. The number of fused-ring (bicyclic) bond motifs is 4. The van der Waals surface area contributed by atoms with Gasteiger partial charge in [-0.05, 0) is 81.4 Å². The van der Waals surface area contributed by atoms with Crippen molar-refractivity contribution in [1.29, 1.82) is 0 Å². The van der Waals surface area contributed by atoms with Crippen LogP contribution in [0.2, 0.25) is 0 Å². The van der Waals surface area contributed by atoms with E-state index in [1.807, 2.05) is 13.8 Å². The molecule has 4 aliphatic carbocycles. The molecule has 1 amide bonds. The first-order chi connectivity index (χ1) is 17.3. The molecule has 10 atom stereocenters. The third-order valence-corrected chi connectivity index (χ3v) is 11.9. The summed E-state index contributed by atoms with van der Waals surface area (Å²) in [6, 6.07) is 0.368. The zero-order valence-corrected chi connectivity index (χ0v) is 24.6. The van der Waals surface area contributed by atoms with Crippen molar-refractivity contribution in [2.75, 3.05) is 20.7 Å². The Morgan fingerprint density at radius 2 is 1.81 bits per heavy atom. The summed E-state index contributed by atoms with van der Waals surface area (Å²) < 4.78 is 0. The van der Waals surface area contributed by atoms with E-state index in [-0.39, 0.29) is 41.2 Å². The number of hydrogen-bond acceptors (Lipinski definition) is 4. The molecule has 5 heteroatoms. The first-order valence-corrected chi connectivity index (χ1v) is 14.7. The maximum atomic E-state index is 12.9. The first kappa shape index (κ1) is 28.6. The summed E-state index contributed by atoms with van der Waals surface area (Å²) in [5, 5.41) is 24.4. The molecule has 37 heavy (non-hydrogen) atoms. The molecular formula is C32H52N2O3. The molecule has 3 N–H and O–H groups in total. The van der Waals surface area contributed by atoms with Gasteiger partial charge in [0.05, 0.1) is 6.61 Å². The van der Waals surface area contributed by atoms with Crippen molar-refractivity contribution in [3.8, 4) is 0 Å². The summed E-state index contributed by atoms with van der Waals surface area (Å²) in [6.45, 7) is 13.4.